The van der Waals surface area contributed by atoms with Crippen LogP contribution in [0.4, 0.5) is 0 Å². The molecule has 0 fully saturated rings. The van der Waals surface area contributed by atoms with Gasteiger partial charge in [-0.1, -0.05) is 11.6 Å². The number of esters is 1. The third kappa shape index (κ3) is 4.36. The number of ether oxygens (including phenoxy) is 2. The summed E-state index contributed by atoms with van der Waals surface area (Å²) in [5.41, 5.74) is 0. The summed E-state index contributed by atoms with van der Waals surface area (Å²) < 4.78 is 10.5. The minimum Gasteiger partial charge on any atom is -0.487 e. The average molecular weight is 354 g/mol. The number of methoxy groups -OCH3 is 1. The first-order valence-electron chi connectivity index (χ1n) is 4.32. The third-order valence-electron chi connectivity index (χ3n) is 1.56. The monoisotopic (exact) mass is 353 g/mol. The summed E-state index contributed by atoms with van der Waals surface area (Å²) >= 11 is 7.80. The Morgan fingerprint density at radius 2 is 2.44 bits per heavy atom. The summed E-state index contributed by atoms with van der Waals surface area (Å²) in [7, 11) is 1.32. The number of aromatic nitrogens is 1. The normalized spacial score (nSPS) is 10.4. The minimum atomic E-state index is -0.414. The van der Waals surface area contributed by atoms with Gasteiger partial charge in [-0.15, -0.1) is 0 Å². The number of halogens is 2. The summed E-state index contributed by atoms with van der Waals surface area (Å²) in [5.74, 6) is 0.171. The Morgan fingerprint density at radius 3 is 3.12 bits per heavy atom. The number of hydrogen-bond donors (Lipinski definition) is 0. The topological polar surface area (TPSA) is 48.4 Å². The first-order valence-corrected chi connectivity index (χ1v) is 5.77. The Bertz CT molecular complexity index is 409. The van der Waals surface area contributed by atoms with Crippen LogP contribution in [0, 0.1) is 3.70 Å². The van der Waals surface area contributed by atoms with Gasteiger partial charge in [-0.05, 0) is 28.7 Å². The fraction of sp³-hybridized carbons (Fsp3) is 0.200. The van der Waals surface area contributed by atoms with E-state index >= 15 is 0 Å². The number of nitrogens with zero attached hydrogens (tertiary/aromatic N) is 1. The Kier molecular flexibility index (Phi) is 5.54. The van der Waals surface area contributed by atoms with Crippen LogP contribution in [-0.2, 0) is 9.53 Å². The van der Waals surface area contributed by atoms with Crippen LogP contribution in [-0.4, -0.2) is 24.7 Å². The molecule has 0 aliphatic rings. The van der Waals surface area contributed by atoms with E-state index in [0.29, 0.717) is 14.5 Å². The van der Waals surface area contributed by atoms with E-state index in [1.807, 2.05) is 22.6 Å². The van der Waals surface area contributed by atoms with Crippen molar-refractivity contribution < 1.29 is 14.3 Å². The molecule has 0 aliphatic heterocycles. The van der Waals surface area contributed by atoms with Gasteiger partial charge in [0.25, 0.3) is 0 Å². The molecule has 0 aromatic carbocycles. The summed E-state index contributed by atoms with van der Waals surface area (Å²) in [5, 5.41) is 0.507. The molecular formula is C10H9ClINO3. The maximum atomic E-state index is 10.7. The zero-order valence-electron chi connectivity index (χ0n) is 8.44. The second-order valence-corrected chi connectivity index (χ2v) is 4.14. The van der Waals surface area contributed by atoms with Crippen LogP contribution in [0.2, 0.25) is 5.02 Å². The van der Waals surface area contributed by atoms with Crippen molar-refractivity contribution in [3.8, 4) is 5.75 Å². The maximum absolute atomic E-state index is 10.7. The molecule has 0 saturated carbocycles. The molecule has 0 aliphatic carbocycles. The summed E-state index contributed by atoms with van der Waals surface area (Å²) in [4.78, 5) is 14.8. The van der Waals surface area contributed by atoms with Crippen molar-refractivity contribution in [3.63, 3.8) is 0 Å². The number of pyridine rings is 1. The van der Waals surface area contributed by atoms with Gasteiger partial charge < -0.3 is 9.47 Å². The lowest BCUT2D eigenvalue weighted by atomic mass is 10.4. The van der Waals surface area contributed by atoms with Crippen molar-refractivity contribution in [2.24, 2.45) is 0 Å². The van der Waals surface area contributed by atoms with Crippen LogP contribution < -0.4 is 4.74 Å². The first kappa shape index (κ1) is 13.2. The van der Waals surface area contributed by atoms with Crippen LogP contribution in [0.15, 0.2) is 24.4 Å². The van der Waals surface area contributed by atoms with Gasteiger partial charge >= 0.3 is 5.97 Å². The van der Waals surface area contributed by atoms with Gasteiger partial charge in [0, 0.05) is 18.3 Å². The molecule has 0 radical (unpaired) electrons. The van der Waals surface area contributed by atoms with E-state index in [9.17, 15) is 4.79 Å². The largest absolute Gasteiger partial charge is 0.487 e. The van der Waals surface area contributed by atoms with Crippen LogP contribution in [0.5, 0.6) is 5.75 Å². The van der Waals surface area contributed by atoms with Crippen molar-refractivity contribution in [1.29, 1.82) is 0 Å². The lowest BCUT2D eigenvalue weighted by Gasteiger charge is -2.04. The van der Waals surface area contributed by atoms with E-state index < -0.39 is 5.97 Å². The van der Waals surface area contributed by atoms with Gasteiger partial charge in [0.1, 0.15) is 10.3 Å². The van der Waals surface area contributed by atoms with E-state index in [0.717, 1.165) is 0 Å². The van der Waals surface area contributed by atoms with Crippen molar-refractivity contribution in [3.05, 3.63) is 33.1 Å². The molecule has 1 rings (SSSR count). The second kappa shape index (κ2) is 6.70. The highest BCUT2D eigenvalue weighted by molar-refractivity contribution is 14.1. The van der Waals surface area contributed by atoms with Crippen molar-refractivity contribution >= 4 is 40.2 Å². The molecule has 0 amide bonds. The average Bonchev–Trinajstić information content (AvgIpc) is 2.28. The van der Waals surface area contributed by atoms with Gasteiger partial charge in [-0.25, -0.2) is 9.78 Å². The Labute approximate surface area is 112 Å². The third-order valence-corrected chi connectivity index (χ3v) is 2.58. The highest BCUT2D eigenvalue weighted by atomic mass is 127. The Hall–Kier alpha value is -0.820. The SMILES string of the molecule is COC(=O)/C=C/COc1cc(Cl)cnc1I. The molecule has 0 atom stereocenters. The second-order valence-electron chi connectivity index (χ2n) is 2.68. The van der Waals surface area contributed by atoms with E-state index in [2.05, 4.69) is 9.72 Å². The predicted molar refractivity (Wildman–Crippen MR) is 68.6 cm³/mol. The van der Waals surface area contributed by atoms with Gasteiger partial charge in [0.2, 0.25) is 0 Å². The number of rotatable bonds is 4. The maximum Gasteiger partial charge on any atom is 0.330 e. The number of carbonyl (C=O) groups is 1. The quantitative estimate of drug-likeness (QED) is 0.361. The molecular weight excluding hydrogens is 344 g/mol. The van der Waals surface area contributed by atoms with E-state index in [1.165, 1.54) is 13.2 Å². The van der Waals surface area contributed by atoms with Gasteiger partial charge in [-0.2, -0.15) is 0 Å². The Balaban J connectivity index is 2.51. The molecule has 0 N–H and O–H groups in total. The fourth-order valence-electron chi connectivity index (χ4n) is 0.856. The van der Waals surface area contributed by atoms with Crippen LogP contribution in [0.3, 0.4) is 0 Å². The summed E-state index contributed by atoms with van der Waals surface area (Å²) in [6.45, 7) is 0.257. The van der Waals surface area contributed by atoms with Crippen molar-refractivity contribution in [1.82, 2.24) is 4.98 Å². The molecule has 0 bridgehead atoms. The van der Waals surface area contributed by atoms with Crippen molar-refractivity contribution in [2.45, 2.75) is 0 Å². The fourth-order valence-corrected chi connectivity index (χ4v) is 1.45. The lowest BCUT2D eigenvalue weighted by molar-refractivity contribution is -0.134. The summed E-state index contributed by atoms with van der Waals surface area (Å²) in [6.07, 6.45) is 4.40. The molecule has 1 aromatic rings. The van der Waals surface area contributed by atoms with Crippen LogP contribution in [0.1, 0.15) is 0 Å². The predicted octanol–water partition coefficient (Wildman–Crippen LogP) is 2.45. The molecule has 86 valence electrons. The van der Waals surface area contributed by atoms with Gasteiger partial charge in [0.15, 0.2) is 5.75 Å². The molecule has 6 heteroatoms. The standard InChI is InChI=1S/C10H9ClINO3/c1-15-9(14)3-2-4-16-8-5-7(11)6-13-10(8)12/h2-3,5-6H,4H2,1H3/b3-2+. The van der Waals surface area contributed by atoms with Gasteiger partial charge in [-0.3, -0.25) is 0 Å². The zero-order chi connectivity index (χ0) is 12.0. The van der Waals surface area contributed by atoms with E-state index in [-0.39, 0.29) is 6.61 Å². The zero-order valence-corrected chi connectivity index (χ0v) is 11.4. The highest BCUT2D eigenvalue weighted by Crippen LogP contribution is 2.22. The Morgan fingerprint density at radius 1 is 1.69 bits per heavy atom. The molecule has 0 saturated heterocycles. The number of hydrogen-bond acceptors (Lipinski definition) is 4. The molecule has 0 unspecified atom stereocenters. The van der Waals surface area contributed by atoms with Gasteiger partial charge in [0.05, 0.1) is 12.1 Å². The smallest absolute Gasteiger partial charge is 0.330 e. The lowest BCUT2D eigenvalue weighted by Crippen LogP contribution is -1.99. The highest BCUT2D eigenvalue weighted by Gasteiger charge is 2.02. The van der Waals surface area contributed by atoms with Crippen molar-refractivity contribution in [2.75, 3.05) is 13.7 Å². The summed E-state index contributed by atoms with van der Waals surface area (Å²) in [6, 6.07) is 1.67. The number of carbonyl (C=O) groups excluding carboxylic acids is 1. The molecule has 1 heterocycles. The minimum absolute atomic E-state index is 0.257. The van der Waals surface area contributed by atoms with Crippen LogP contribution in [0.25, 0.3) is 0 Å². The first-order chi connectivity index (χ1) is 7.63. The van der Waals surface area contributed by atoms with E-state index in [4.69, 9.17) is 16.3 Å². The molecule has 4 nitrogen and oxygen atoms in total. The van der Waals surface area contributed by atoms with E-state index in [1.54, 1.807) is 18.3 Å². The molecule has 16 heavy (non-hydrogen) atoms. The molecule has 1 aromatic heterocycles. The molecule has 0 spiro atoms. The van der Waals surface area contributed by atoms with Crippen LogP contribution >= 0.6 is 34.2 Å².